The molecule has 0 saturated carbocycles. The SMILES string of the molecule is CCc1c(C)[nH+]c(N)c(C#N)c1-c1ccc(OC)cc1. The molecule has 0 saturated heterocycles. The van der Waals surface area contributed by atoms with E-state index in [-0.39, 0.29) is 0 Å². The van der Waals surface area contributed by atoms with Crippen molar-refractivity contribution in [2.45, 2.75) is 20.3 Å². The topological polar surface area (TPSA) is 73.2 Å². The van der Waals surface area contributed by atoms with Gasteiger partial charge < -0.3 is 4.74 Å². The number of aromatic nitrogens is 1. The van der Waals surface area contributed by atoms with Crippen molar-refractivity contribution in [1.82, 2.24) is 0 Å². The van der Waals surface area contributed by atoms with Gasteiger partial charge in [0.2, 0.25) is 0 Å². The van der Waals surface area contributed by atoms with E-state index in [4.69, 9.17) is 10.5 Å². The Bertz CT molecular complexity index is 670. The molecule has 0 aliphatic carbocycles. The highest BCUT2D eigenvalue weighted by Gasteiger charge is 2.20. The minimum absolute atomic E-state index is 0.410. The zero-order valence-electron chi connectivity index (χ0n) is 11.9. The summed E-state index contributed by atoms with van der Waals surface area (Å²) in [5, 5.41) is 9.40. The van der Waals surface area contributed by atoms with Gasteiger partial charge >= 0.3 is 0 Å². The normalized spacial score (nSPS) is 10.1. The maximum absolute atomic E-state index is 9.40. The number of pyridine rings is 1. The van der Waals surface area contributed by atoms with Crippen molar-refractivity contribution < 1.29 is 9.72 Å². The van der Waals surface area contributed by atoms with Crippen LogP contribution in [0.2, 0.25) is 0 Å². The number of hydrogen-bond donors (Lipinski definition) is 1. The molecule has 2 rings (SSSR count). The van der Waals surface area contributed by atoms with Gasteiger partial charge in [-0.3, -0.25) is 5.73 Å². The fraction of sp³-hybridized carbons (Fsp3) is 0.250. The van der Waals surface area contributed by atoms with Crippen LogP contribution in [0.15, 0.2) is 24.3 Å². The van der Waals surface area contributed by atoms with Crippen LogP contribution in [-0.4, -0.2) is 7.11 Å². The molecule has 4 heteroatoms. The molecule has 0 bridgehead atoms. The van der Waals surface area contributed by atoms with Gasteiger partial charge in [-0.15, -0.1) is 0 Å². The molecule has 0 aliphatic heterocycles. The van der Waals surface area contributed by atoms with Gasteiger partial charge in [0.15, 0.2) is 0 Å². The molecule has 0 atom stereocenters. The molecular formula is C16H18N3O+. The number of aromatic amines is 1. The highest BCUT2D eigenvalue weighted by molar-refractivity contribution is 5.77. The summed E-state index contributed by atoms with van der Waals surface area (Å²) in [4.78, 5) is 3.07. The molecule has 0 fully saturated rings. The number of nitrogens with one attached hydrogen (secondary N) is 1. The van der Waals surface area contributed by atoms with Crippen LogP contribution in [0.1, 0.15) is 23.7 Å². The fourth-order valence-corrected chi connectivity index (χ4v) is 2.45. The molecular weight excluding hydrogens is 250 g/mol. The van der Waals surface area contributed by atoms with Crippen molar-refractivity contribution in [2.75, 3.05) is 12.8 Å². The van der Waals surface area contributed by atoms with Crippen molar-refractivity contribution in [2.24, 2.45) is 0 Å². The van der Waals surface area contributed by atoms with E-state index in [0.717, 1.165) is 34.6 Å². The average molecular weight is 268 g/mol. The van der Waals surface area contributed by atoms with Crippen LogP contribution in [-0.2, 0) is 6.42 Å². The third-order valence-electron chi connectivity index (χ3n) is 3.44. The number of aryl methyl sites for hydroxylation is 1. The van der Waals surface area contributed by atoms with Gasteiger partial charge in [0.25, 0.3) is 5.82 Å². The van der Waals surface area contributed by atoms with E-state index in [2.05, 4.69) is 18.0 Å². The Morgan fingerprint density at radius 3 is 2.45 bits per heavy atom. The van der Waals surface area contributed by atoms with Crippen molar-refractivity contribution in [3.8, 4) is 22.9 Å². The van der Waals surface area contributed by atoms with Gasteiger partial charge in [0.1, 0.15) is 23.1 Å². The molecule has 1 aromatic carbocycles. The molecule has 20 heavy (non-hydrogen) atoms. The van der Waals surface area contributed by atoms with Gasteiger partial charge in [0, 0.05) is 11.1 Å². The number of rotatable bonds is 3. The van der Waals surface area contributed by atoms with Gasteiger partial charge in [-0.25, -0.2) is 4.98 Å². The summed E-state index contributed by atoms with van der Waals surface area (Å²) in [6, 6.07) is 9.88. The lowest BCUT2D eigenvalue weighted by atomic mass is 9.93. The van der Waals surface area contributed by atoms with E-state index in [9.17, 15) is 5.26 Å². The fourth-order valence-electron chi connectivity index (χ4n) is 2.45. The number of nitriles is 1. The summed E-state index contributed by atoms with van der Waals surface area (Å²) in [6.07, 6.45) is 0.832. The summed E-state index contributed by atoms with van der Waals surface area (Å²) in [7, 11) is 1.63. The van der Waals surface area contributed by atoms with Crippen LogP contribution in [0.5, 0.6) is 5.75 Å². The third-order valence-corrected chi connectivity index (χ3v) is 3.44. The molecule has 0 spiro atoms. The minimum Gasteiger partial charge on any atom is -0.497 e. The molecule has 0 amide bonds. The van der Waals surface area contributed by atoms with E-state index in [1.54, 1.807) is 7.11 Å². The largest absolute Gasteiger partial charge is 0.497 e. The number of ether oxygens (including phenoxy) is 1. The lowest BCUT2D eigenvalue weighted by molar-refractivity contribution is -0.371. The number of methoxy groups -OCH3 is 1. The quantitative estimate of drug-likeness (QED) is 0.929. The molecule has 1 aromatic heterocycles. The summed E-state index contributed by atoms with van der Waals surface area (Å²) >= 11 is 0. The molecule has 0 aliphatic rings. The standard InChI is InChI=1S/C16H17N3O/c1-4-13-10(2)19-16(18)14(9-17)15(13)11-5-7-12(20-3)8-6-11/h5-8H,4H2,1-3H3,(H2,18,19)/p+1. The maximum atomic E-state index is 9.40. The number of nitrogen functional groups attached to an aromatic ring is 1. The Balaban J connectivity index is 2.73. The Kier molecular flexibility index (Phi) is 3.90. The van der Waals surface area contributed by atoms with Crippen LogP contribution in [0.3, 0.4) is 0 Å². The van der Waals surface area contributed by atoms with Crippen molar-refractivity contribution >= 4 is 5.82 Å². The lowest BCUT2D eigenvalue weighted by Gasteiger charge is -2.12. The molecule has 1 heterocycles. The zero-order valence-corrected chi connectivity index (χ0v) is 11.9. The number of anilines is 1. The Labute approximate surface area is 118 Å². The maximum Gasteiger partial charge on any atom is 0.289 e. The number of nitrogens with zero attached hydrogens (tertiary/aromatic N) is 1. The zero-order chi connectivity index (χ0) is 14.7. The molecule has 0 unspecified atom stereocenters. The molecule has 3 N–H and O–H groups in total. The van der Waals surface area contributed by atoms with Crippen molar-refractivity contribution in [3.63, 3.8) is 0 Å². The molecule has 4 nitrogen and oxygen atoms in total. The summed E-state index contributed by atoms with van der Waals surface area (Å²) in [6.45, 7) is 4.05. The highest BCUT2D eigenvalue weighted by atomic mass is 16.5. The number of hydrogen-bond acceptors (Lipinski definition) is 3. The first-order valence-electron chi connectivity index (χ1n) is 6.51. The third kappa shape index (κ3) is 2.30. The van der Waals surface area contributed by atoms with Crippen LogP contribution in [0.25, 0.3) is 11.1 Å². The lowest BCUT2D eigenvalue weighted by Crippen LogP contribution is -2.19. The second kappa shape index (κ2) is 5.62. The monoisotopic (exact) mass is 268 g/mol. The summed E-state index contributed by atoms with van der Waals surface area (Å²) < 4.78 is 5.17. The number of H-pyrrole nitrogens is 1. The second-order valence-electron chi connectivity index (χ2n) is 4.59. The highest BCUT2D eigenvalue weighted by Crippen LogP contribution is 2.31. The van der Waals surface area contributed by atoms with Gasteiger partial charge in [-0.2, -0.15) is 5.26 Å². The second-order valence-corrected chi connectivity index (χ2v) is 4.59. The summed E-state index contributed by atoms with van der Waals surface area (Å²) in [5.74, 6) is 1.20. The van der Waals surface area contributed by atoms with Crippen LogP contribution < -0.4 is 15.5 Å². The average Bonchev–Trinajstić information content (AvgIpc) is 2.46. The van der Waals surface area contributed by atoms with Crippen LogP contribution in [0.4, 0.5) is 5.82 Å². The van der Waals surface area contributed by atoms with Crippen molar-refractivity contribution in [3.05, 3.63) is 41.1 Å². The van der Waals surface area contributed by atoms with Crippen LogP contribution >= 0.6 is 0 Å². The Morgan fingerprint density at radius 1 is 1.30 bits per heavy atom. The first kappa shape index (κ1) is 13.9. The van der Waals surface area contributed by atoms with E-state index >= 15 is 0 Å². The smallest absolute Gasteiger partial charge is 0.289 e. The van der Waals surface area contributed by atoms with E-state index < -0.39 is 0 Å². The Morgan fingerprint density at radius 2 is 1.95 bits per heavy atom. The van der Waals surface area contributed by atoms with Gasteiger partial charge in [0.05, 0.1) is 7.11 Å². The Hall–Kier alpha value is -2.54. The predicted molar refractivity (Wildman–Crippen MR) is 78.2 cm³/mol. The molecule has 0 radical (unpaired) electrons. The molecule has 102 valence electrons. The van der Waals surface area contributed by atoms with Crippen LogP contribution in [0, 0.1) is 18.3 Å². The minimum atomic E-state index is 0.410. The van der Waals surface area contributed by atoms with Gasteiger partial charge in [-0.05, 0) is 31.0 Å². The number of nitrogens with two attached hydrogens (primary N) is 1. The first-order chi connectivity index (χ1) is 9.62. The molecule has 2 aromatic rings. The van der Waals surface area contributed by atoms with E-state index in [0.29, 0.717) is 11.4 Å². The first-order valence-corrected chi connectivity index (χ1v) is 6.51. The van der Waals surface area contributed by atoms with E-state index in [1.807, 2.05) is 31.2 Å². The predicted octanol–water partition coefficient (Wildman–Crippen LogP) is 2.50. The van der Waals surface area contributed by atoms with Crippen molar-refractivity contribution in [1.29, 1.82) is 5.26 Å². The van der Waals surface area contributed by atoms with Gasteiger partial charge in [-0.1, -0.05) is 19.1 Å². The van der Waals surface area contributed by atoms with E-state index in [1.165, 1.54) is 0 Å². The summed E-state index contributed by atoms with van der Waals surface area (Å²) in [5.41, 5.74) is 10.4. The number of benzene rings is 1.